The van der Waals surface area contributed by atoms with Gasteiger partial charge >= 0.3 is 0 Å². The molecule has 0 aliphatic rings. The molecule has 0 saturated carbocycles. The molecule has 0 radical (unpaired) electrons. The van der Waals surface area contributed by atoms with Crippen LogP contribution in [0.5, 0.6) is 0 Å². The summed E-state index contributed by atoms with van der Waals surface area (Å²) in [5.74, 6) is 0.585. The maximum absolute atomic E-state index is 8.80. The second-order valence-corrected chi connectivity index (χ2v) is 5.40. The summed E-state index contributed by atoms with van der Waals surface area (Å²) in [6.45, 7) is 0.512. The molecular weight excluding hydrogens is 317 g/mol. The SMILES string of the molecule is CN(Cc1cccc(Cl)c1Cl)c1ncc(C#N)cc1Cl. The van der Waals surface area contributed by atoms with Crippen LogP contribution in [0.1, 0.15) is 11.1 Å². The molecule has 2 aromatic rings. The first-order valence-electron chi connectivity index (χ1n) is 5.72. The fourth-order valence-electron chi connectivity index (χ4n) is 1.77. The average Bonchev–Trinajstić information content (AvgIpc) is 2.43. The van der Waals surface area contributed by atoms with Gasteiger partial charge in [0, 0.05) is 19.8 Å². The van der Waals surface area contributed by atoms with Crippen LogP contribution < -0.4 is 4.90 Å². The van der Waals surface area contributed by atoms with Crippen LogP contribution in [-0.4, -0.2) is 12.0 Å². The van der Waals surface area contributed by atoms with Gasteiger partial charge in [0.25, 0.3) is 0 Å². The van der Waals surface area contributed by atoms with Gasteiger partial charge in [-0.2, -0.15) is 5.26 Å². The number of rotatable bonds is 3. The van der Waals surface area contributed by atoms with Crippen LogP contribution in [0, 0.1) is 11.3 Å². The first-order valence-corrected chi connectivity index (χ1v) is 6.86. The van der Waals surface area contributed by atoms with Gasteiger partial charge in [0.1, 0.15) is 11.9 Å². The molecule has 3 nitrogen and oxygen atoms in total. The number of nitriles is 1. The van der Waals surface area contributed by atoms with E-state index < -0.39 is 0 Å². The summed E-state index contributed by atoms with van der Waals surface area (Å²) in [7, 11) is 1.84. The van der Waals surface area contributed by atoms with Crippen molar-refractivity contribution in [3.8, 4) is 6.07 Å². The van der Waals surface area contributed by atoms with Crippen LogP contribution in [0.25, 0.3) is 0 Å². The Bertz CT molecular complexity index is 680. The van der Waals surface area contributed by atoms with E-state index in [4.69, 9.17) is 40.1 Å². The minimum atomic E-state index is 0.421. The minimum Gasteiger partial charge on any atom is -0.354 e. The fraction of sp³-hybridized carbons (Fsp3) is 0.143. The Morgan fingerprint density at radius 3 is 2.65 bits per heavy atom. The number of nitrogens with zero attached hydrogens (tertiary/aromatic N) is 3. The molecular formula is C14H10Cl3N3. The third-order valence-corrected chi connectivity index (χ3v) is 3.89. The van der Waals surface area contributed by atoms with E-state index in [9.17, 15) is 0 Å². The molecule has 0 aliphatic heterocycles. The van der Waals surface area contributed by atoms with Gasteiger partial charge in [0.2, 0.25) is 0 Å². The number of aromatic nitrogens is 1. The van der Waals surface area contributed by atoms with E-state index in [1.54, 1.807) is 12.1 Å². The van der Waals surface area contributed by atoms with Crippen molar-refractivity contribution in [2.45, 2.75) is 6.54 Å². The Balaban J connectivity index is 2.26. The number of hydrogen-bond acceptors (Lipinski definition) is 3. The lowest BCUT2D eigenvalue weighted by atomic mass is 10.2. The second kappa shape index (κ2) is 6.32. The number of halogens is 3. The summed E-state index contributed by atoms with van der Waals surface area (Å²) >= 11 is 18.3. The summed E-state index contributed by atoms with van der Waals surface area (Å²) in [6, 6.07) is 9.05. The van der Waals surface area contributed by atoms with Gasteiger partial charge in [0.05, 0.1) is 20.6 Å². The van der Waals surface area contributed by atoms with Gasteiger partial charge in [-0.25, -0.2) is 4.98 Å². The first-order chi connectivity index (χ1) is 9.52. The molecule has 0 bridgehead atoms. The lowest BCUT2D eigenvalue weighted by Crippen LogP contribution is -2.18. The van der Waals surface area contributed by atoms with Crippen molar-refractivity contribution in [1.82, 2.24) is 4.98 Å². The van der Waals surface area contributed by atoms with Crippen molar-refractivity contribution in [2.24, 2.45) is 0 Å². The number of pyridine rings is 1. The molecule has 0 saturated heterocycles. The van der Waals surface area contributed by atoms with E-state index in [0.717, 1.165) is 5.56 Å². The molecule has 102 valence electrons. The van der Waals surface area contributed by atoms with Gasteiger partial charge in [-0.3, -0.25) is 0 Å². The van der Waals surface area contributed by atoms with E-state index in [-0.39, 0.29) is 0 Å². The molecule has 0 atom stereocenters. The minimum absolute atomic E-state index is 0.421. The van der Waals surface area contributed by atoms with Gasteiger partial charge in [0.15, 0.2) is 0 Å². The number of hydrogen-bond donors (Lipinski definition) is 0. The zero-order chi connectivity index (χ0) is 14.7. The van der Waals surface area contributed by atoms with Crippen LogP contribution in [0.4, 0.5) is 5.82 Å². The van der Waals surface area contributed by atoms with Gasteiger partial charge in [-0.15, -0.1) is 0 Å². The number of benzene rings is 1. The first kappa shape index (κ1) is 14.9. The van der Waals surface area contributed by atoms with E-state index in [0.29, 0.717) is 33.0 Å². The monoisotopic (exact) mass is 325 g/mol. The summed E-state index contributed by atoms with van der Waals surface area (Å²) in [5, 5.41) is 10.3. The summed E-state index contributed by atoms with van der Waals surface area (Å²) < 4.78 is 0. The lowest BCUT2D eigenvalue weighted by molar-refractivity contribution is 0.898. The molecule has 1 aromatic heterocycles. The van der Waals surface area contributed by atoms with Crippen molar-refractivity contribution in [3.05, 3.63) is 56.7 Å². The normalized spacial score (nSPS) is 10.2. The largest absolute Gasteiger partial charge is 0.354 e. The number of anilines is 1. The Kier molecular flexibility index (Phi) is 4.72. The Hall–Kier alpha value is -1.47. The van der Waals surface area contributed by atoms with Crippen molar-refractivity contribution < 1.29 is 0 Å². The molecule has 0 N–H and O–H groups in total. The lowest BCUT2D eigenvalue weighted by Gasteiger charge is -2.20. The molecule has 0 unspecified atom stereocenters. The van der Waals surface area contributed by atoms with Crippen LogP contribution in [0.2, 0.25) is 15.1 Å². The Morgan fingerprint density at radius 1 is 1.25 bits per heavy atom. The highest BCUT2D eigenvalue weighted by atomic mass is 35.5. The van der Waals surface area contributed by atoms with Crippen molar-refractivity contribution >= 4 is 40.6 Å². The second-order valence-electron chi connectivity index (χ2n) is 4.21. The van der Waals surface area contributed by atoms with E-state index in [1.165, 1.54) is 6.20 Å². The third-order valence-electron chi connectivity index (χ3n) is 2.75. The third kappa shape index (κ3) is 3.16. The van der Waals surface area contributed by atoms with Crippen molar-refractivity contribution in [1.29, 1.82) is 5.26 Å². The van der Waals surface area contributed by atoms with Gasteiger partial charge < -0.3 is 4.90 Å². The molecule has 2 rings (SSSR count). The molecule has 6 heteroatoms. The molecule has 20 heavy (non-hydrogen) atoms. The zero-order valence-electron chi connectivity index (χ0n) is 10.6. The quantitative estimate of drug-likeness (QED) is 0.830. The van der Waals surface area contributed by atoms with Gasteiger partial charge in [-0.05, 0) is 17.7 Å². The molecule has 0 spiro atoms. The Labute approximate surface area is 132 Å². The average molecular weight is 327 g/mol. The molecule has 0 fully saturated rings. The van der Waals surface area contributed by atoms with E-state index in [1.807, 2.05) is 30.1 Å². The van der Waals surface area contributed by atoms with Crippen LogP contribution in [0.15, 0.2) is 30.5 Å². The maximum atomic E-state index is 8.80. The molecule has 1 aromatic carbocycles. The highest BCUT2D eigenvalue weighted by Crippen LogP contribution is 2.29. The summed E-state index contributed by atoms with van der Waals surface area (Å²) in [5.41, 5.74) is 1.30. The smallest absolute Gasteiger partial charge is 0.147 e. The fourth-order valence-corrected chi connectivity index (χ4v) is 2.46. The predicted molar refractivity (Wildman–Crippen MR) is 82.5 cm³/mol. The van der Waals surface area contributed by atoms with Crippen molar-refractivity contribution in [2.75, 3.05) is 11.9 Å². The summed E-state index contributed by atoms with van der Waals surface area (Å²) in [4.78, 5) is 6.04. The maximum Gasteiger partial charge on any atom is 0.147 e. The van der Waals surface area contributed by atoms with E-state index >= 15 is 0 Å². The topological polar surface area (TPSA) is 39.9 Å². The van der Waals surface area contributed by atoms with E-state index in [2.05, 4.69) is 4.98 Å². The standard InChI is InChI=1S/C14H10Cl3N3/c1-20(8-10-3-2-4-11(15)13(10)17)14-12(16)5-9(6-18)7-19-14/h2-5,7H,8H2,1H3. The van der Waals surface area contributed by atoms with Crippen molar-refractivity contribution in [3.63, 3.8) is 0 Å². The molecule has 1 heterocycles. The highest BCUT2D eigenvalue weighted by molar-refractivity contribution is 6.42. The Morgan fingerprint density at radius 2 is 2.00 bits per heavy atom. The zero-order valence-corrected chi connectivity index (χ0v) is 12.8. The summed E-state index contributed by atoms with van der Waals surface area (Å²) in [6.07, 6.45) is 1.48. The van der Waals surface area contributed by atoms with Gasteiger partial charge in [-0.1, -0.05) is 46.9 Å². The molecule has 0 amide bonds. The van der Waals surface area contributed by atoms with Crippen LogP contribution in [0.3, 0.4) is 0 Å². The predicted octanol–water partition coefficient (Wildman–Crippen LogP) is 4.55. The highest BCUT2D eigenvalue weighted by Gasteiger charge is 2.12. The van der Waals surface area contributed by atoms with Crippen LogP contribution >= 0.6 is 34.8 Å². The molecule has 0 aliphatic carbocycles. The van der Waals surface area contributed by atoms with Crippen LogP contribution in [-0.2, 0) is 6.54 Å².